The maximum absolute atomic E-state index is 4.20. The Bertz CT molecular complexity index is 321. The average molecular weight is 163 g/mol. The van der Waals surface area contributed by atoms with Gasteiger partial charge in [-0.15, -0.1) is 0 Å². The van der Waals surface area contributed by atoms with Crippen LogP contribution in [-0.2, 0) is 7.05 Å². The second-order valence-electron chi connectivity index (χ2n) is 2.70. The van der Waals surface area contributed by atoms with Gasteiger partial charge in [-0.05, 0) is 19.4 Å². The van der Waals surface area contributed by atoms with E-state index in [1.165, 1.54) is 0 Å². The van der Waals surface area contributed by atoms with E-state index in [0.717, 1.165) is 17.1 Å². The van der Waals surface area contributed by atoms with E-state index < -0.39 is 0 Å². The lowest BCUT2D eigenvalue weighted by molar-refractivity contribution is 0.912. The molecule has 0 atom stereocenters. The number of hydrogen-bond acceptors (Lipinski definition) is 2. The van der Waals surface area contributed by atoms with Crippen LogP contribution in [0.3, 0.4) is 0 Å². The molecular formula is C9H13N3. The highest BCUT2D eigenvalue weighted by molar-refractivity contribution is 5.70. The Morgan fingerprint density at radius 2 is 2.42 bits per heavy atom. The maximum Gasteiger partial charge on any atom is 0.159 e. The molecule has 0 aliphatic heterocycles. The number of rotatable bonds is 2. The molecule has 0 unspecified atom stereocenters. The molecular weight excluding hydrogens is 150 g/mol. The molecule has 3 heteroatoms. The summed E-state index contributed by atoms with van der Waals surface area (Å²) >= 11 is 0. The smallest absolute Gasteiger partial charge is 0.159 e. The molecule has 0 amide bonds. The molecule has 0 spiro atoms. The van der Waals surface area contributed by atoms with Crippen molar-refractivity contribution in [3.05, 3.63) is 18.6 Å². The van der Waals surface area contributed by atoms with Crippen LogP contribution in [0.5, 0.6) is 0 Å². The predicted octanol–water partition coefficient (Wildman–Crippen LogP) is 2.18. The zero-order valence-corrected chi connectivity index (χ0v) is 7.70. The molecule has 0 aliphatic rings. The molecule has 0 aliphatic carbocycles. The van der Waals surface area contributed by atoms with Crippen molar-refractivity contribution in [2.75, 3.05) is 0 Å². The summed E-state index contributed by atoms with van der Waals surface area (Å²) in [5.41, 5.74) is 1.81. The number of hydrogen-bond donors (Lipinski definition) is 0. The highest BCUT2D eigenvalue weighted by Gasteiger charge is 2.06. The van der Waals surface area contributed by atoms with Gasteiger partial charge < -0.3 is 4.57 Å². The fourth-order valence-corrected chi connectivity index (χ4v) is 0.999. The SMILES string of the molecule is C=C(C)c1ncn(C)c1/N=C\C. The lowest BCUT2D eigenvalue weighted by Crippen LogP contribution is -1.84. The number of aromatic nitrogens is 2. The van der Waals surface area contributed by atoms with Crippen molar-refractivity contribution in [2.24, 2.45) is 12.0 Å². The van der Waals surface area contributed by atoms with Gasteiger partial charge >= 0.3 is 0 Å². The molecule has 0 N–H and O–H groups in total. The molecule has 1 heterocycles. The number of aliphatic imine (C=N–C) groups is 1. The summed E-state index contributed by atoms with van der Waals surface area (Å²) in [5.74, 6) is 0.866. The molecule has 1 aromatic rings. The number of aryl methyl sites for hydroxylation is 1. The molecule has 64 valence electrons. The summed E-state index contributed by atoms with van der Waals surface area (Å²) in [7, 11) is 1.92. The van der Waals surface area contributed by atoms with Crippen molar-refractivity contribution < 1.29 is 0 Å². The average Bonchev–Trinajstić information content (AvgIpc) is 2.34. The van der Waals surface area contributed by atoms with Crippen molar-refractivity contribution in [2.45, 2.75) is 13.8 Å². The molecule has 1 aromatic heterocycles. The van der Waals surface area contributed by atoms with Crippen LogP contribution in [0.2, 0.25) is 0 Å². The Hall–Kier alpha value is -1.38. The maximum atomic E-state index is 4.20. The standard InChI is InChI=1S/C9H13N3/c1-5-10-9-8(7(2)3)11-6-12(9)4/h5-6H,2H2,1,3-4H3/b10-5-. The van der Waals surface area contributed by atoms with Crippen molar-refractivity contribution >= 4 is 17.6 Å². The number of imidazole rings is 1. The highest BCUT2D eigenvalue weighted by Crippen LogP contribution is 2.22. The Kier molecular flexibility index (Phi) is 2.43. The van der Waals surface area contributed by atoms with Crippen molar-refractivity contribution in [1.29, 1.82) is 0 Å². The van der Waals surface area contributed by atoms with E-state index in [2.05, 4.69) is 16.6 Å². The molecule has 0 fully saturated rings. The van der Waals surface area contributed by atoms with Gasteiger partial charge in [0.25, 0.3) is 0 Å². The van der Waals surface area contributed by atoms with E-state index in [1.807, 2.05) is 25.5 Å². The lowest BCUT2D eigenvalue weighted by atomic mass is 10.2. The number of allylic oxidation sites excluding steroid dienone is 1. The third-order valence-electron chi connectivity index (χ3n) is 1.56. The van der Waals surface area contributed by atoms with E-state index in [-0.39, 0.29) is 0 Å². The zero-order valence-electron chi connectivity index (χ0n) is 7.70. The third kappa shape index (κ3) is 1.44. The first-order valence-corrected chi connectivity index (χ1v) is 3.82. The lowest BCUT2D eigenvalue weighted by Gasteiger charge is -1.97. The van der Waals surface area contributed by atoms with Gasteiger partial charge in [0.15, 0.2) is 5.82 Å². The van der Waals surface area contributed by atoms with Crippen molar-refractivity contribution in [1.82, 2.24) is 9.55 Å². The molecule has 12 heavy (non-hydrogen) atoms. The molecule has 1 rings (SSSR count). The quantitative estimate of drug-likeness (QED) is 0.614. The Labute approximate surface area is 72.5 Å². The van der Waals surface area contributed by atoms with Crippen molar-refractivity contribution in [3.63, 3.8) is 0 Å². The summed E-state index contributed by atoms with van der Waals surface area (Å²) in [5, 5.41) is 0. The van der Waals surface area contributed by atoms with E-state index in [0.29, 0.717) is 0 Å². The monoisotopic (exact) mass is 163 g/mol. The van der Waals surface area contributed by atoms with Gasteiger partial charge in [0.05, 0.1) is 6.33 Å². The van der Waals surface area contributed by atoms with Crippen LogP contribution in [0, 0.1) is 0 Å². The minimum absolute atomic E-state index is 0.866. The zero-order chi connectivity index (χ0) is 9.14. The molecule has 0 saturated carbocycles. The Balaban J connectivity index is 3.21. The fraction of sp³-hybridized carbons (Fsp3) is 0.333. The van der Waals surface area contributed by atoms with Gasteiger partial charge in [0.1, 0.15) is 5.69 Å². The summed E-state index contributed by atoms with van der Waals surface area (Å²) in [6, 6.07) is 0. The Morgan fingerprint density at radius 1 is 1.75 bits per heavy atom. The summed E-state index contributed by atoms with van der Waals surface area (Å²) in [6.45, 7) is 7.64. The van der Waals surface area contributed by atoms with Gasteiger partial charge in [-0.25, -0.2) is 9.98 Å². The van der Waals surface area contributed by atoms with E-state index in [9.17, 15) is 0 Å². The second-order valence-corrected chi connectivity index (χ2v) is 2.70. The molecule has 0 aromatic carbocycles. The highest BCUT2D eigenvalue weighted by atomic mass is 15.1. The fourth-order valence-electron chi connectivity index (χ4n) is 0.999. The van der Waals surface area contributed by atoms with Gasteiger partial charge in [-0.1, -0.05) is 6.58 Å². The summed E-state index contributed by atoms with van der Waals surface area (Å²) in [6.07, 6.45) is 3.50. The van der Waals surface area contributed by atoms with Crippen LogP contribution in [0.4, 0.5) is 5.82 Å². The van der Waals surface area contributed by atoms with Crippen LogP contribution < -0.4 is 0 Å². The predicted molar refractivity (Wildman–Crippen MR) is 51.7 cm³/mol. The summed E-state index contributed by atoms with van der Waals surface area (Å²) < 4.78 is 1.88. The number of nitrogens with zero attached hydrogens (tertiary/aromatic N) is 3. The van der Waals surface area contributed by atoms with E-state index in [4.69, 9.17) is 0 Å². The van der Waals surface area contributed by atoms with Gasteiger partial charge in [-0.2, -0.15) is 0 Å². The largest absolute Gasteiger partial charge is 0.318 e. The van der Waals surface area contributed by atoms with Crippen LogP contribution in [0.1, 0.15) is 19.5 Å². The van der Waals surface area contributed by atoms with E-state index in [1.54, 1.807) is 12.5 Å². The molecule has 0 radical (unpaired) electrons. The minimum atomic E-state index is 0.866. The topological polar surface area (TPSA) is 30.2 Å². The molecule has 0 bridgehead atoms. The van der Waals surface area contributed by atoms with Crippen LogP contribution in [0.15, 0.2) is 17.9 Å². The Morgan fingerprint density at radius 3 is 2.92 bits per heavy atom. The van der Waals surface area contributed by atoms with Gasteiger partial charge in [-0.3, -0.25) is 0 Å². The van der Waals surface area contributed by atoms with E-state index >= 15 is 0 Å². The van der Waals surface area contributed by atoms with Crippen LogP contribution in [0.25, 0.3) is 5.57 Å². The molecule has 0 saturated heterocycles. The van der Waals surface area contributed by atoms with Crippen LogP contribution >= 0.6 is 0 Å². The second kappa shape index (κ2) is 3.34. The third-order valence-corrected chi connectivity index (χ3v) is 1.56. The summed E-state index contributed by atoms with van der Waals surface area (Å²) in [4.78, 5) is 8.39. The normalized spacial score (nSPS) is 10.9. The minimum Gasteiger partial charge on any atom is -0.318 e. The van der Waals surface area contributed by atoms with Crippen molar-refractivity contribution in [3.8, 4) is 0 Å². The first-order valence-electron chi connectivity index (χ1n) is 3.82. The van der Waals surface area contributed by atoms with Crippen LogP contribution in [-0.4, -0.2) is 15.8 Å². The first kappa shape index (κ1) is 8.71. The van der Waals surface area contributed by atoms with Gasteiger partial charge in [0, 0.05) is 13.3 Å². The van der Waals surface area contributed by atoms with Gasteiger partial charge in [0.2, 0.25) is 0 Å². The molecule has 3 nitrogen and oxygen atoms in total. The first-order chi connectivity index (χ1) is 5.66.